The summed E-state index contributed by atoms with van der Waals surface area (Å²) in [5.74, 6) is 1.04. The van der Waals surface area contributed by atoms with Crippen LogP contribution in [0.4, 0.5) is 0 Å². The first-order valence-corrected chi connectivity index (χ1v) is 5.84. The van der Waals surface area contributed by atoms with Crippen molar-refractivity contribution < 1.29 is 5.11 Å². The van der Waals surface area contributed by atoms with Crippen LogP contribution in [-0.4, -0.2) is 12.2 Å². The van der Waals surface area contributed by atoms with Crippen LogP contribution in [-0.2, 0) is 0 Å². The molecule has 0 aliphatic heterocycles. The predicted octanol–water partition coefficient (Wildman–Crippen LogP) is 4.25. The highest BCUT2D eigenvalue weighted by Gasteiger charge is 2.05. The van der Waals surface area contributed by atoms with Crippen LogP contribution in [0.3, 0.4) is 0 Å². The molecule has 0 saturated heterocycles. The summed E-state index contributed by atoms with van der Waals surface area (Å²) >= 11 is 0. The first kappa shape index (κ1) is 18.7. The minimum Gasteiger partial charge on any atom is -0.400 e. The Balaban J connectivity index is -0.000000144. The van der Waals surface area contributed by atoms with Crippen LogP contribution in [0.1, 0.15) is 66.7 Å². The standard InChI is InChI=1S/C7H14.2C2H6.CH4O/c1-7-5-3-2-4-6-7;3*1-2/h7H,2-6H2,1H3;2*1-2H3;2H,1H3. The summed E-state index contributed by atoms with van der Waals surface area (Å²) in [6, 6.07) is 0. The van der Waals surface area contributed by atoms with Crippen LogP contribution < -0.4 is 0 Å². The topological polar surface area (TPSA) is 20.2 Å². The van der Waals surface area contributed by atoms with Crippen molar-refractivity contribution in [3.05, 3.63) is 0 Å². The summed E-state index contributed by atoms with van der Waals surface area (Å²) in [7, 11) is 1.00. The fraction of sp³-hybridized carbons (Fsp3) is 1.00. The van der Waals surface area contributed by atoms with Gasteiger partial charge in [0.15, 0.2) is 0 Å². The minimum absolute atomic E-state index is 1.00. The van der Waals surface area contributed by atoms with Gasteiger partial charge in [-0.25, -0.2) is 0 Å². The van der Waals surface area contributed by atoms with Crippen molar-refractivity contribution in [2.45, 2.75) is 66.7 Å². The van der Waals surface area contributed by atoms with Gasteiger partial charge in [0, 0.05) is 7.11 Å². The van der Waals surface area contributed by atoms with Gasteiger partial charge in [0.2, 0.25) is 0 Å². The van der Waals surface area contributed by atoms with Gasteiger partial charge in [0.25, 0.3) is 0 Å². The molecule has 1 nitrogen and oxygen atoms in total. The fourth-order valence-corrected chi connectivity index (χ4v) is 1.31. The van der Waals surface area contributed by atoms with E-state index < -0.39 is 0 Å². The fourth-order valence-electron chi connectivity index (χ4n) is 1.31. The lowest BCUT2D eigenvalue weighted by molar-refractivity contribution is 0.385. The quantitative estimate of drug-likeness (QED) is 0.605. The van der Waals surface area contributed by atoms with Crippen molar-refractivity contribution >= 4 is 0 Å². The smallest absolute Gasteiger partial charge is 0.0319 e. The Morgan fingerprint density at radius 2 is 1.08 bits per heavy atom. The van der Waals surface area contributed by atoms with Gasteiger partial charge in [0.05, 0.1) is 0 Å². The summed E-state index contributed by atoms with van der Waals surface area (Å²) in [6.45, 7) is 10.4. The Hall–Kier alpha value is -0.0400. The van der Waals surface area contributed by atoms with Gasteiger partial charge >= 0.3 is 0 Å². The van der Waals surface area contributed by atoms with Crippen LogP contribution in [0.5, 0.6) is 0 Å². The molecular weight excluding hydrogens is 160 g/mol. The monoisotopic (exact) mass is 190 g/mol. The summed E-state index contributed by atoms with van der Waals surface area (Å²) in [5.41, 5.74) is 0. The van der Waals surface area contributed by atoms with E-state index in [9.17, 15) is 0 Å². The van der Waals surface area contributed by atoms with Crippen molar-refractivity contribution in [2.24, 2.45) is 5.92 Å². The normalized spacial score (nSPS) is 15.0. The Morgan fingerprint density at radius 1 is 0.769 bits per heavy atom. The molecule has 0 radical (unpaired) electrons. The summed E-state index contributed by atoms with van der Waals surface area (Å²) in [5, 5.41) is 7.00. The molecule has 0 unspecified atom stereocenters. The third-order valence-electron chi connectivity index (χ3n) is 1.89. The van der Waals surface area contributed by atoms with Crippen LogP contribution in [0, 0.1) is 5.92 Å². The number of hydrogen-bond acceptors (Lipinski definition) is 1. The molecule has 84 valence electrons. The van der Waals surface area contributed by atoms with E-state index >= 15 is 0 Å². The van der Waals surface area contributed by atoms with Gasteiger partial charge in [-0.2, -0.15) is 0 Å². The zero-order valence-electron chi connectivity index (χ0n) is 10.6. The second kappa shape index (κ2) is 22.7. The number of aliphatic hydroxyl groups is 1. The van der Waals surface area contributed by atoms with E-state index in [1.165, 1.54) is 32.1 Å². The SMILES string of the molecule is CC.CC.CC1CCCCC1.CO. The third-order valence-corrected chi connectivity index (χ3v) is 1.89. The van der Waals surface area contributed by atoms with E-state index in [0.717, 1.165) is 13.0 Å². The van der Waals surface area contributed by atoms with E-state index in [2.05, 4.69) is 6.92 Å². The van der Waals surface area contributed by atoms with Crippen molar-refractivity contribution in [1.29, 1.82) is 0 Å². The molecule has 1 heteroatoms. The maximum absolute atomic E-state index is 7.00. The summed E-state index contributed by atoms with van der Waals surface area (Å²) in [6.07, 6.45) is 7.44. The van der Waals surface area contributed by atoms with Crippen LogP contribution >= 0.6 is 0 Å². The van der Waals surface area contributed by atoms with Gasteiger partial charge in [-0.05, 0) is 5.92 Å². The Kier molecular flexibility index (Phi) is 32.6. The first-order valence-electron chi connectivity index (χ1n) is 5.84. The Bertz CT molecular complexity index is 47.1. The Morgan fingerprint density at radius 3 is 1.23 bits per heavy atom. The molecule has 0 heterocycles. The zero-order chi connectivity index (χ0) is 11.1. The largest absolute Gasteiger partial charge is 0.400 e. The second-order valence-electron chi connectivity index (χ2n) is 2.74. The highest BCUT2D eigenvalue weighted by atomic mass is 16.2. The van der Waals surface area contributed by atoms with Crippen LogP contribution in [0.2, 0.25) is 0 Å². The Labute approximate surface area is 85.6 Å². The molecule has 1 rings (SSSR count). The summed E-state index contributed by atoms with van der Waals surface area (Å²) in [4.78, 5) is 0. The average molecular weight is 190 g/mol. The molecule has 0 atom stereocenters. The summed E-state index contributed by atoms with van der Waals surface area (Å²) < 4.78 is 0. The minimum atomic E-state index is 1.00. The van der Waals surface area contributed by atoms with E-state index in [1.807, 2.05) is 27.7 Å². The lowest BCUT2D eigenvalue weighted by Crippen LogP contribution is -1.99. The molecule has 0 bridgehead atoms. The van der Waals surface area contributed by atoms with Gasteiger partial charge in [-0.1, -0.05) is 66.7 Å². The molecular formula is C12H30O. The molecule has 1 aliphatic rings. The van der Waals surface area contributed by atoms with E-state index in [-0.39, 0.29) is 0 Å². The van der Waals surface area contributed by atoms with Crippen molar-refractivity contribution in [1.82, 2.24) is 0 Å². The van der Waals surface area contributed by atoms with Gasteiger partial charge in [-0.3, -0.25) is 0 Å². The van der Waals surface area contributed by atoms with Crippen molar-refractivity contribution in [3.63, 3.8) is 0 Å². The van der Waals surface area contributed by atoms with E-state index in [4.69, 9.17) is 5.11 Å². The molecule has 1 fully saturated rings. The number of hydrogen-bond donors (Lipinski definition) is 1. The molecule has 0 spiro atoms. The van der Waals surface area contributed by atoms with Crippen LogP contribution in [0.15, 0.2) is 0 Å². The molecule has 1 saturated carbocycles. The van der Waals surface area contributed by atoms with Crippen LogP contribution in [0.25, 0.3) is 0 Å². The van der Waals surface area contributed by atoms with Crippen molar-refractivity contribution in [2.75, 3.05) is 7.11 Å². The molecule has 0 aromatic heterocycles. The molecule has 0 amide bonds. The molecule has 0 aromatic rings. The average Bonchev–Trinajstić information content (AvgIpc) is 2.28. The zero-order valence-corrected chi connectivity index (χ0v) is 10.6. The number of aliphatic hydroxyl groups excluding tert-OH is 1. The lowest BCUT2D eigenvalue weighted by atomic mass is 9.91. The number of rotatable bonds is 0. The maximum atomic E-state index is 7.00. The highest BCUT2D eigenvalue weighted by Crippen LogP contribution is 2.21. The maximum Gasteiger partial charge on any atom is 0.0319 e. The molecule has 1 N–H and O–H groups in total. The van der Waals surface area contributed by atoms with E-state index in [1.54, 1.807) is 0 Å². The lowest BCUT2D eigenvalue weighted by Gasteiger charge is -2.15. The second-order valence-corrected chi connectivity index (χ2v) is 2.74. The first-order chi connectivity index (χ1) is 6.39. The molecule has 1 aliphatic carbocycles. The highest BCUT2D eigenvalue weighted by molar-refractivity contribution is 4.59. The van der Waals surface area contributed by atoms with Crippen molar-refractivity contribution in [3.8, 4) is 0 Å². The molecule has 13 heavy (non-hydrogen) atoms. The van der Waals surface area contributed by atoms with Gasteiger partial charge in [0.1, 0.15) is 0 Å². The van der Waals surface area contributed by atoms with E-state index in [0.29, 0.717) is 0 Å². The predicted molar refractivity (Wildman–Crippen MR) is 63.1 cm³/mol. The molecule has 0 aromatic carbocycles. The van der Waals surface area contributed by atoms with Gasteiger partial charge < -0.3 is 5.11 Å². The van der Waals surface area contributed by atoms with Gasteiger partial charge in [-0.15, -0.1) is 0 Å². The third kappa shape index (κ3) is 18.7.